The summed E-state index contributed by atoms with van der Waals surface area (Å²) >= 11 is 0. The minimum Gasteiger partial charge on any atom is -0.455 e. The highest BCUT2D eigenvalue weighted by Crippen LogP contribution is 2.30. The zero-order valence-electron chi connectivity index (χ0n) is 16.5. The molecule has 5 nitrogen and oxygen atoms in total. The normalized spacial score (nSPS) is 11.7. The number of nitrogens with one attached hydrogen (secondary N) is 2. The van der Waals surface area contributed by atoms with E-state index in [0.29, 0.717) is 28.3 Å². The molecule has 0 aliphatic heterocycles. The van der Waals surface area contributed by atoms with Gasteiger partial charge < -0.3 is 15.0 Å². The number of anilines is 1. The maximum atomic E-state index is 13.0. The van der Waals surface area contributed by atoms with Crippen LogP contribution in [0.1, 0.15) is 46.0 Å². The van der Waals surface area contributed by atoms with Gasteiger partial charge in [0.2, 0.25) is 5.78 Å². The molecule has 0 fully saturated rings. The fraction of sp³-hybridized carbons (Fsp3) is 0.217. The summed E-state index contributed by atoms with van der Waals surface area (Å²) in [5.41, 5.74) is 3.18. The van der Waals surface area contributed by atoms with Gasteiger partial charge in [0.25, 0.3) is 0 Å². The minimum atomic E-state index is -0.503. The van der Waals surface area contributed by atoms with Crippen molar-refractivity contribution < 1.29 is 14.3 Å². The molecule has 0 radical (unpaired) electrons. The molecule has 0 saturated carbocycles. The number of carbonyl (C=O) groups is 2. The molecule has 2 aromatic carbocycles. The quantitative estimate of drug-likeness (QED) is 0.548. The number of rotatable bonds is 7. The summed E-state index contributed by atoms with van der Waals surface area (Å²) in [6.07, 6.45) is 0. The Bertz CT molecular complexity index is 1010. The van der Waals surface area contributed by atoms with Gasteiger partial charge in [0, 0.05) is 11.3 Å². The maximum absolute atomic E-state index is 13.0. The first-order chi connectivity index (χ1) is 13.4. The van der Waals surface area contributed by atoms with E-state index in [4.69, 9.17) is 4.74 Å². The molecule has 0 aliphatic carbocycles. The molecule has 2 N–H and O–H groups in total. The summed E-state index contributed by atoms with van der Waals surface area (Å²) in [5, 5.41) is 3.23. The topological polar surface area (TPSA) is 71.2 Å². The monoisotopic (exact) mass is 376 g/mol. The SMILES string of the molecule is CC(=O)c1c(C)[nH]c(C(=O)[C@H](C)Nc2ccccc2Oc2ccccc2)c1C. The van der Waals surface area contributed by atoms with Gasteiger partial charge in [-0.25, -0.2) is 0 Å². The van der Waals surface area contributed by atoms with Crippen molar-refractivity contribution in [1.82, 2.24) is 4.98 Å². The van der Waals surface area contributed by atoms with Crippen molar-refractivity contribution in [3.8, 4) is 11.5 Å². The van der Waals surface area contributed by atoms with Gasteiger partial charge >= 0.3 is 0 Å². The third kappa shape index (κ3) is 3.98. The van der Waals surface area contributed by atoms with E-state index in [1.807, 2.05) is 61.5 Å². The Morgan fingerprint density at radius 1 is 1.00 bits per heavy atom. The number of carbonyl (C=O) groups excluding carboxylic acids is 2. The summed E-state index contributed by atoms with van der Waals surface area (Å²) in [6, 6.07) is 16.5. The Kier molecular flexibility index (Phi) is 5.64. The van der Waals surface area contributed by atoms with Crippen molar-refractivity contribution in [2.45, 2.75) is 33.7 Å². The Hall–Kier alpha value is -3.34. The molecule has 3 rings (SSSR count). The van der Waals surface area contributed by atoms with Gasteiger partial charge in [0.1, 0.15) is 5.75 Å². The van der Waals surface area contributed by atoms with Crippen molar-refractivity contribution in [3.63, 3.8) is 0 Å². The van der Waals surface area contributed by atoms with E-state index in [0.717, 1.165) is 11.4 Å². The smallest absolute Gasteiger partial charge is 0.201 e. The first-order valence-electron chi connectivity index (χ1n) is 9.21. The Morgan fingerprint density at radius 2 is 1.64 bits per heavy atom. The maximum Gasteiger partial charge on any atom is 0.201 e. The molecule has 0 spiro atoms. The lowest BCUT2D eigenvalue weighted by atomic mass is 10.0. The molecule has 0 unspecified atom stereocenters. The Morgan fingerprint density at radius 3 is 2.29 bits per heavy atom. The van der Waals surface area contributed by atoms with Crippen LogP contribution in [-0.4, -0.2) is 22.6 Å². The number of para-hydroxylation sites is 3. The third-order valence-corrected chi connectivity index (χ3v) is 4.66. The number of aryl methyl sites for hydroxylation is 1. The molecular formula is C23H24N2O3. The molecule has 0 bridgehead atoms. The molecule has 1 atom stereocenters. The van der Waals surface area contributed by atoms with Gasteiger partial charge in [0.15, 0.2) is 11.5 Å². The van der Waals surface area contributed by atoms with E-state index in [-0.39, 0.29) is 11.6 Å². The van der Waals surface area contributed by atoms with Gasteiger partial charge in [-0.2, -0.15) is 0 Å². The van der Waals surface area contributed by atoms with Gasteiger partial charge in [-0.1, -0.05) is 30.3 Å². The predicted octanol–water partition coefficient (Wildman–Crippen LogP) is 5.31. The molecular weight excluding hydrogens is 352 g/mol. The van der Waals surface area contributed by atoms with E-state index in [9.17, 15) is 9.59 Å². The molecule has 5 heteroatoms. The van der Waals surface area contributed by atoms with Crippen LogP contribution in [0.2, 0.25) is 0 Å². The zero-order valence-corrected chi connectivity index (χ0v) is 16.5. The number of hydrogen-bond acceptors (Lipinski definition) is 4. The first-order valence-corrected chi connectivity index (χ1v) is 9.21. The summed E-state index contributed by atoms with van der Waals surface area (Å²) in [5.74, 6) is 1.20. The standard InChI is InChI=1S/C23H24N2O3/c1-14-21(17(4)26)15(2)25-22(14)23(27)16(3)24-19-12-8-9-13-20(19)28-18-10-6-5-7-11-18/h5-13,16,24-25H,1-4H3/t16-/m0/s1. The molecule has 1 heterocycles. The van der Waals surface area contributed by atoms with Gasteiger partial charge in [-0.15, -0.1) is 0 Å². The molecule has 0 amide bonds. The highest BCUT2D eigenvalue weighted by Gasteiger charge is 2.24. The van der Waals surface area contributed by atoms with Gasteiger partial charge in [0.05, 0.1) is 17.4 Å². The fourth-order valence-corrected chi connectivity index (χ4v) is 3.33. The summed E-state index contributed by atoms with van der Waals surface area (Å²) in [4.78, 5) is 27.9. The van der Waals surface area contributed by atoms with E-state index in [1.165, 1.54) is 6.92 Å². The highest BCUT2D eigenvalue weighted by molar-refractivity contribution is 6.06. The Balaban J connectivity index is 1.82. The average Bonchev–Trinajstić information content (AvgIpc) is 2.97. The van der Waals surface area contributed by atoms with Crippen LogP contribution < -0.4 is 10.1 Å². The van der Waals surface area contributed by atoms with Crippen LogP contribution in [0.5, 0.6) is 11.5 Å². The summed E-state index contributed by atoms with van der Waals surface area (Å²) in [7, 11) is 0. The van der Waals surface area contributed by atoms with E-state index >= 15 is 0 Å². The van der Waals surface area contributed by atoms with Crippen LogP contribution >= 0.6 is 0 Å². The molecule has 0 saturated heterocycles. The second kappa shape index (κ2) is 8.13. The van der Waals surface area contributed by atoms with Crippen LogP contribution in [0.4, 0.5) is 5.69 Å². The number of hydrogen-bond donors (Lipinski definition) is 2. The van der Waals surface area contributed by atoms with E-state index in [1.54, 1.807) is 13.8 Å². The number of benzene rings is 2. The number of H-pyrrole nitrogens is 1. The molecule has 28 heavy (non-hydrogen) atoms. The second-order valence-corrected chi connectivity index (χ2v) is 6.82. The molecule has 144 valence electrons. The van der Waals surface area contributed by atoms with Crippen LogP contribution in [0, 0.1) is 13.8 Å². The molecule has 1 aromatic heterocycles. The summed E-state index contributed by atoms with van der Waals surface area (Å²) < 4.78 is 5.95. The number of ether oxygens (including phenoxy) is 1. The molecule has 0 aliphatic rings. The van der Waals surface area contributed by atoms with Crippen LogP contribution in [-0.2, 0) is 0 Å². The largest absolute Gasteiger partial charge is 0.455 e. The van der Waals surface area contributed by atoms with Crippen molar-refractivity contribution in [2.75, 3.05) is 5.32 Å². The Labute approximate surface area is 164 Å². The van der Waals surface area contributed by atoms with Crippen LogP contribution in [0.3, 0.4) is 0 Å². The average molecular weight is 376 g/mol. The highest BCUT2D eigenvalue weighted by atomic mass is 16.5. The first kappa shape index (κ1) is 19.4. The number of Topliss-reactive ketones (excluding diaryl/α,β-unsaturated/α-hetero) is 2. The number of aromatic amines is 1. The van der Waals surface area contributed by atoms with Crippen molar-refractivity contribution in [2.24, 2.45) is 0 Å². The van der Waals surface area contributed by atoms with E-state index < -0.39 is 6.04 Å². The zero-order chi connectivity index (χ0) is 20.3. The second-order valence-electron chi connectivity index (χ2n) is 6.82. The van der Waals surface area contributed by atoms with Crippen molar-refractivity contribution in [1.29, 1.82) is 0 Å². The minimum absolute atomic E-state index is 0.0486. The lowest BCUT2D eigenvalue weighted by molar-refractivity contribution is 0.0970. The van der Waals surface area contributed by atoms with Crippen molar-refractivity contribution >= 4 is 17.3 Å². The lowest BCUT2D eigenvalue weighted by Gasteiger charge is -2.17. The van der Waals surface area contributed by atoms with E-state index in [2.05, 4.69) is 10.3 Å². The lowest BCUT2D eigenvalue weighted by Crippen LogP contribution is -2.27. The van der Waals surface area contributed by atoms with Crippen LogP contribution in [0.15, 0.2) is 54.6 Å². The van der Waals surface area contributed by atoms with Gasteiger partial charge in [-0.05, 0) is 57.5 Å². The fourth-order valence-electron chi connectivity index (χ4n) is 3.33. The van der Waals surface area contributed by atoms with Crippen LogP contribution in [0.25, 0.3) is 0 Å². The number of aromatic nitrogens is 1. The summed E-state index contributed by atoms with van der Waals surface area (Å²) in [6.45, 7) is 6.91. The van der Waals surface area contributed by atoms with Crippen molar-refractivity contribution in [3.05, 3.63) is 77.1 Å². The molecule has 3 aromatic rings. The third-order valence-electron chi connectivity index (χ3n) is 4.66. The predicted molar refractivity (Wildman–Crippen MR) is 111 cm³/mol. The van der Waals surface area contributed by atoms with Gasteiger partial charge in [-0.3, -0.25) is 9.59 Å². The number of ketones is 2.